The smallest absolute Gasteiger partial charge is 0.186 e. The van der Waals surface area contributed by atoms with Gasteiger partial charge in [-0.2, -0.15) is 0 Å². The third kappa shape index (κ3) is 1.98. The lowest BCUT2D eigenvalue weighted by Crippen LogP contribution is -2.58. The van der Waals surface area contributed by atoms with E-state index in [9.17, 15) is 15.3 Å². The predicted molar refractivity (Wildman–Crippen MR) is 40.8 cm³/mol. The van der Waals surface area contributed by atoms with E-state index in [-0.39, 0.29) is 0 Å². The Labute approximate surface area is 75.3 Å². The molecule has 0 aromatic carbocycles. The van der Waals surface area contributed by atoms with E-state index in [4.69, 9.17) is 14.6 Å². The molecule has 4 N–H and O–H groups in total. The standard InChI is InChI=1S/C7H14O6/c1-12-7-6(11)5(10)4(9)3(2-8)13-7/h3-11H,2H2,1H3/t3?,4-,5?,6+,7?/m1/s1. The lowest BCUT2D eigenvalue weighted by Gasteiger charge is -2.38. The van der Waals surface area contributed by atoms with Crippen molar-refractivity contribution in [3.05, 3.63) is 0 Å². The lowest BCUT2D eigenvalue weighted by atomic mass is 9.99. The molecule has 0 amide bonds. The van der Waals surface area contributed by atoms with Crippen LogP contribution < -0.4 is 0 Å². The summed E-state index contributed by atoms with van der Waals surface area (Å²) < 4.78 is 9.65. The van der Waals surface area contributed by atoms with E-state index in [0.717, 1.165) is 0 Å². The minimum atomic E-state index is -1.36. The molecule has 0 aromatic heterocycles. The summed E-state index contributed by atoms with van der Waals surface area (Å²) in [7, 11) is 1.30. The number of hydrogen-bond acceptors (Lipinski definition) is 6. The third-order valence-corrected chi connectivity index (χ3v) is 2.08. The summed E-state index contributed by atoms with van der Waals surface area (Å²) in [6.45, 7) is -0.440. The van der Waals surface area contributed by atoms with Gasteiger partial charge in [-0.1, -0.05) is 0 Å². The minimum absolute atomic E-state index is 0.440. The summed E-state index contributed by atoms with van der Waals surface area (Å²) >= 11 is 0. The number of methoxy groups -OCH3 is 1. The fourth-order valence-corrected chi connectivity index (χ4v) is 1.26. The average Bonchev–Trinajstić information content (AvgIpc) is 2.15. The molecule has 6 heteroatoms. The zero-order chi connectivity index (χ0) is 10.0. The molecule has 0 bridgehead atoms. The normalized spacial score (nSPS) is 46.4. The molecular weight excluding hydrogens is 180 g/mol. The number of aliphatic hydroxyl groups is 4. The maximum absolute atomic E-state index is 9.28. The Balaban J connectivity index is 2.66. The molecule has 78 valence electrons. The Hall–Kier alpha value is -0.240. The average molecular weight is 194 g/mol. The summed E-state index contributed by atoms with van der Waals surface area (Å²) in [6.07, 6.45) is -5.91. The maximum Gasteiger partial charge on any atom is 0.186 e. The highest BCUT2D eigenvalue weighted by Gasteiger charge is 2.43. The van der Waals surface area contributed by atoms with Crippen molar-refractivity contribution in [3.63, 3.8) is 0 Å². The molecule has 1 aliphatic heterocycles. The molecule has 3 unspecified atom stereocenters. The van der Waals surface area contributed by atoms with E-state index in [1.165, 1.54) is 7.11 Å². The van der Waals surface area contributed by atoms with Crippen LogP contribution in [0.4, 0.5) is 0 Å². The topological polar surface area (TPSA) is 99.4 Å². The van der Waals surface area contributed by atoms with Gasteiger partial charge in [0.25, 0.3) is 0 Å². The largest absolute Gasteiger partial charge is 0.394 e. The predicted octanol–water partition coefficient (Wildman–Crippen LogP) is -2.57. The van der Waals surface area contributed by atoms with Gasteiger partial charge in [0.15, 0.2) is 6.29 Å². The molecule has 0 radical (unpaired) electrons. The van der Waals surface area contributed by atoms with Crippen LogP contribution in [0.25, 0.3) is 0 Å². The molecule has 0 aromatic rings. The Morgan fingerprint density at radius 3 is 2.23 bits per heavy atom. The second kappa shape index (κ2) is 4.32. The summed E-state index contributed by atoms with van der Waals surface area (Å²) in [6, 6.07) is 0. The molecule has 13 heavy (non-hydrogen) atoms. The van der Waals surface area contributed by atoms with Gasteiger partial charge >= 0.3 is 0 Å². The van der Waals surface area contributed by atoms with Crippen LogP contribution >= 0.6 is 0 Å². The van der Waals surface area contributed by atoms with Crippen molar-refractivity contribution < 1.29 is 29.9 Å². The molecule has 1 saturated heterocycles. The van der Waals surface area contributed by atoms with Gasteiger partial charge in [0.1, 0.15) is 24.4 Å². The molecule has 1 fully saturated rings. The Kier molecular flexibility index (Phi) is 3.60. The van der Waals surface area contributed by atoms with E-state index >= 15 is 0 Å². The second-order valence-electron chi connectivity index (χ2n) is 2.93. The molecule has 0 saturated carbocycles. The Morgan fingerprint density at radius 1 is 1.15 bits per heavy atom. The molecule has 1 aliphatic rings. The first-order valence-corrected chi connectivity index (χ1v) is 3.95. The van der Waals surface area contributed by atoms with Crippen LogP contribution in [-0.4, -0.2) is 64.8 Å². The summed E-state index contributed by atoms with van der Waals surface area (Å²) in [5, 5.41) is 36.6. The van der Waals surface area contributed by atoms with Gasteiger partial charge in [0, 0.05) is 7.11 Å². The van der Waals surface area contributed by atoms with Crippen molar-refractivity contribution in [2.24, 2.45) is 0 Å². The molecular formula is C7H14O6. The van der Waals surface area contributed by atoms with Crippen molar-refractivity contribution in [1.29, 1.82) is 0 Å². The Bertz CT molecular complexity index is 143. The second-order valence-corrected chi connectivity index (χ2v) is 2.93. The number of aliphatic hydroxyl groups excluding tert-OH is 4. The van der Waals surface area contributed by atoms with Crippen LogP contribution in [-0.2, 0) is 9.47 Å². The highest BCUT2D eigenvalue weighted by atomic mass is 16.7. The number of ether oxygens (including phenoxy) is 2. The monoisotopic (exact) mass is 194 g/mol. The van der Waals surface area contributed by atoms with Crippen LogP contribution in [0.5, 0.6) is 0 Å². The van der Waals surface area contributed by atoms with Crippen LogP contribution in [0.1, 0.15) is 0 Å². The first-order valence-electron chi connectivity index (χ1n) is 3.95. The van der Waals surface area contributed by atoms with E-state index in [0.29, 0.717) is 0 Å². The SMILES string of the molecule is COC1OC(CO)[C@@H](O)C(O)[C@@H]1O. The fraction of sp³-hybridized carbons (Fsp3) is 1.00. The van der Waals surface area contributed by atoms with Crippen LogP contribution in [0, 0.1) is 0 Å². The first kappa shape index (κ1) is 10.8. The fourth-order valence-electron chi connectivity index (χ4n) is 1.26. The van der Waals surface area contributed by atoms with Gasteiger partial charge in [0.05, 0.1) is 6.61 Å². The Morgan fingerprint density at radius 2 is 1.77 bits per heavy atom. The van der Waals surface area contributed by atoms with Gasteiger partial charge in [-0.3, -0.25) is 0 Å². The third-order valence-electron chi connectivity index (χ3n) is 2.08. The zero-order valence-corrected chi connectivity index (χ0v) is 7.20. The van der Waals surface area contributed by atoms with Gasteiger partial charge in [0.2, 0.25) is 0 Å². The highest BCUT2D eigenvalue weighted by Crippen LogP contribution is 2.20. The van der Waals surface area contributed by atoms with Crippen LogP contribution in [0.15, 0.2) is 0 Å². The van der Waals surface area contributed by atoms with E-state index in [1.807, 2.05) is 0 Å². The summed E-state index contributed by atoms with van der Waals surface area (Å²) in [4.78, 5) is 0. The van der Waals surface area contributed by atoms with Crippen LogP contribution in [0.2, 0.25) is 0 Å². The van der Waals surface area contributed by atoms with E-state index in [2.05, 4.69) is 0 Å². The molecule has 0 spiro atoms. The maximum atomic E-state index is 9.28. The highest BCUT2D eigenvalue weighted by molar-refractivity contribution is 4.88. The summed E-state index contributed by atoms with van der Waals surface area (Å²) in [5.41, 5.74) is 0. The quantitative estimate of drug-likeness (QED) is 0.386. The number of rotatable bonds is 2. The van der Waals surface area contributed by atoms with Gasteiger partial charge < -0.3 is 29.9 Å². The van der Waals surface area contributed by atoms with Crippen molar-refractivity contribution >= 4 is 0 Å². The van der Waals surface area contributed by atoms with Gasteiger partial charge in [-0.25, -0.2) is 0 Å². The van der Waals surface area contributed by atoms with Gasteiger partial charge in [-0.05, 0) is 0 Å². The zero-order valence-electron chi connectivity index (χ0n) is 7.20. The lowest BCUT2D eigenvalue weighted by molar-refractivity contribution is -0.294. The van der Waals surface area contributed by atoms with E-state index in [1.54, 1.807) is 0 Å². The van der Waals surface area contributed by atoms with Gasteiger partial charge in [-0.15, -0.1) is 0 Å². The molecule has 5 atom stereocenters. The molecule has 1 heterocycles. The van der Waals surface area contributed by atoms with Crippen molar-refractivity contribution in [2.45, 2.75) is 30.7 Å². The summed E-state index contributed by atoms with van der Waals surface area (Å²) in [5.74, 6) is 0. The molecule has 6 nitrogen and oxygen atoms in total. The molecule has 1 rings (SSSR count). The van der Waals surface area contributed by atoms with Crippen molar-refractivity contribution in [2.75, 3.05) is 13.7 Å². The molecule has 0 aliphatic carbocycles. The number of hydrogen-bond donors (Lipinski definition) is 4. The van der Waals surface area contributed by atoms with Crippen molar-refractivity contribution in [3.8, 4) is 0 Å². The minimum Gasteiger partial charge on any atom is -0.394 e. The van der Waals surface area contributed by atoms with E-state index < -0.39 is 37.3 Å². The first-order chi connectivity index (χ1) is 6.11. The van der Waals surface area contributed by atoms with Crippen LogP contribution in [0.3, 0.4) is 0 Å². The van der Waals surface area contributed by atoms with Crippen molar-refractivity contribution in [1.82, 2.24) is 0 Å².